The molecule has 3 nitrogen and oxygen atoms in total. The Morgan fingerprint density at radius 2 is 1.82 bits per heavy atom. The smallest absolute Gasteiger partial charge is 0.344 e. The van der Waals surface area contributed by atoms with Gasteiger partial charge in [0.05, 0.1) is 5.75 Å². The first-order valence-corrected chi connectivity index (χ1v) is 5.71. The molecule has 0 saturated heterocycles. The van der Waals surface area contributed by atoms with Crippen LogP contribution in [0.4, 0.5) is 13.2 Å². The van der Waals surface area contributed by atoms with Crippen molar-refractivity contribution in [2.75, 3.05) is 25.9 Å². The summed E-state index contributed by atoms with van der Waals surface area (Å²) in [5.74, 6) is -1.12. The quantitative estimate of drug-likeness (QED) is 0.845. The Kier molecular flexibility index (Phi) is 8.28. The molecule has 104 valence electrons. The summed E-state index contributed by atoms with van der Waals surface area (Å²) in [4.78, 5) is 12.6. The third-order valence-corrected chi connectivity index (χ3v) is 2.72. The highest BCUT2D eigenvalue weighted by Crippen LogP contribution is 2.30. The first-order chi connectivity index (χ1) is 7.07. The molecule has 0 bridgehead atoms. The van der Waals surface area contributed by atoms with Crippen molar-refractivity contribution in [3.8, 4) is 0 Å². The largest absolute Gasteiger partial charge is 0.442 e. The van der Waals surface area contributed by atoms with Gasteiger partial charge >= 0.3 is 5.51 Å². The number of amides is 1. The van der Waals surface area contributed by atoms with Crippen molar-refractivity contribution in [1.29, 1.82) is 0 Å². The minimum Gasteiger partial charge on any atom is -0.344 e. The third kappa shape index (κ3) is 9.55. The first-order valence-electron chi connectivity index (χ1n) is 4.72. The van der Waals surface area contributed by atoms with Crippen LogP contribution >= 0.6 is 24.2 Å². The Bertz CT molecular complexity index is 249. The predicted molar refractivity (Wildman–Crippen MR) is 66.2 cm³/mol. The zero-order valence-corrected chi connectivity index (χ0v) is 11.6. The average molecular weight is 295 g/mol. The van der Waals surface area contributed by atoms with E-state index in [0.717, 1.165) is 0 Å². The Morgan fingerprint density at radius 1 is 1.35 bits per heavy atom. The van der Waals surface area contributed by atoms with Crippen molar-refractivity contribution in [3.63, 3.8) is 0 Å². The highest BCUT2D eigenvalue weighted by atomic mass is 35.5. The summed E-state index contributed by atoms with van der Waals surface area (Å²) in [6.07, 6.45) is 0. The van der Waals surface area contributed by atoms with Crippen molar-refractivity contribution in [1.82, 2.24) is 4.90 Å². The SMILES string of the molecule is CN(CC(C)(C)CN)C(=O)CSC(F)(F)F.Cl. The number of nitrogens with two attached hydrogens (primary N) is 1. The molecule has 0 heterocycles. The molecule has 0 aromatic rings. The van der Waals surface area contributed by atoms with Crippen molar-refractivity contribution < 1.29 is 18.0 Å². The van der Waals surface area contributed by atoms with Gasteiger partial charge in [0.2, 0.25) is 5.91 Å². The van der Waals surface area contributed by atoms with Crippen LogP contribution in [0.15, 0.2) is 0 Å². The number of alkyl halides is 3. The second kappa shape index (κ2) is 7.33. The summed E-state index contributed by atoms with van der Waals surface area (Å²) in [6.45, 7) is 4.43. The summed E-state index contributed by atoms with van der Waals surface area (Å²) in [5.41, 5.74) is 0.829. The van der Waals surface area contributed by atoms with Gasteiger partial charge in [0.1, 0.15) is 0 Å². The number of nitrogens with zero attached hydrogens (tertiary/aromatic N) is 1. The summed E-state index contributed by atoms with van der Waals surface area (Å²) in [7, 11) is 1.48. The van der Waals surface area contributed by atoms with Crippen molar-refractivity contribution in [2.24, 2.45) is 11.1 Å². The molecule has 0 aliphatic carbocycles. The van der Waals surface area contributed by atoms with Crippen LogP contribution in [-0.2, 0) is 4.79 Å². The first kappa shape index (κ1) is 19.2. The predicted octanol–water partition coefficient (Wildman–Crippen LogP) is 2.10. The monoisotopic (exact) mass is 294 g/mol. The maximum absolute atomic E-state index is 11.9. The van der Waals surface area contributed by atoms with E-state index in [4.69, 9.17) is 5.73 Å². The fraction of sp³-hybridized carbons (Fsp3) is 0.889. The van der Waals surface area contributed by atoms with Crippen LogP contribution in [0.2, 0.25) is 0 Å². The van der Waals surface area contributed by atoms with Gasteiger partial charge in [0, 0.05) is 13.6 Å². The molecule has 0 spiro atoms. The Morgan fingerprint density at radius 3 is 2.18 bits per heavy atom. The van der Waals surface area contributed by atoms with E-state index in [2.05, 4.69) is 0 Å². The van der Waals surface area contributed by atoms with E-state index in [-0.39, 0.29) is 29.6 Å². The molecule has 0 radical (unpaired) electrons. The molecule has 0 aromatic carbocycles. The fourth-order valence-corrected chi connectivity index (χ4v) is 1.56. The van der Waals surface area contributed by atoms with E-state index in [1.165, 1.54) is 11.9 Å². The van der Waals surface area contributed by atoms with E-state index < -0.39 is 17.2 Å². The molecular weight excluding hydrogens is 277 g/mol. The van der Waals surface area contributed by atoms with E-state index in [0.29, 0.717) is 13.1 Å². The highest BCUT2D eigenvalue weighted by molar-refractivity contribution is 8.00. The van der Waals surface area contributed by atoms with E-state index in [1.54, 1.807) is 0 Å². The van der Waals surface area contributed by atoms with Gasteiger partial charge in [-0.3, -0.25) is 4.79 Å². The van der Waals surface area contributed by atoms with Gasteiger partial charge in [-0.05, 0) is 23.7 Å². The van der Waals surface area contributed by atoms with E-state index in [9.17, 15) is 18.0 Å². The van der Waals surface area contributed by atoms with Gasteiger partial charge < -0.3 is 10.6 Å². The van der Waals surface area contributed by atoms with Crippen LogP contribution in [0.1, 0.15) is 13.8 Å². The molecule has 2 N–H and O–H groups in total. The second-order valence-corrected chi connectivity index (χ2v) is 5.39. The van der Waals surface area contributed by atoms with Crippen molar-refractivity contribution in [3.05, 3.63) is 0 Å². The molecule has 0 fully saturated rings. The molecule has 1 amide bonds. The maximum Gasteiger partial charge on any atom is 0.442 e. The number of hydrogen-bond donors (Lipinski definition) is 1. The minimum atomic E-state index is -4.36. The van der Waals surface area contributed by atoms with Crippen molar-refractivity contribution in [2.45, 2.75) is 19.4 Å². The lowest BCUT2D eigenvalue weighted by atomic mass is 9.93. The average Bonchev–Trinajstić information content (AvgIpc) is 2.12. The van der Waals surface area contributed by atoms with Crippen LogP contribution in [0, 0.1) is 5.41 Å². The molecule has 0 aliphatic rings. The van der Waals surface area contributed by atoms with E-state index >= 15 is 0 Å². The number of carbonyl (C=O) groups excluding carboxylic acids is 1. The van der Waals surface area contributed by atoms with Crippen LogP contribution in [0.25, 0.3) is 0 Å². The molecule has 0 aliphatic heterocycles. The lowest BCUT2D eigenvalue weighted by molar-refractivity contribution is -0.128. The van der Waals surface area contributed by atoms with Gasteiger partial charge in [-0.25, -0.2) is 0 Å². The number of hydrogen-bond acceptors (Lipinski definition) is 3. The second-order valence-electron chi connectivity index (χ2n) is 4.35. The molecule has 0 rings (SSSR count). The Balaban J connectivity index is 0. The van der Waals surface area contributed by atoms with Crippen LogP contribution in [0.5, 0.6) is 0 Å². The summed E-state index contributed by atoms with van der Waals surface area (Å²) in [6, 6.07) is 0. The fourth-order valence-electron chi connectivity index (χ4n) is 1.05. The zero-order valence-electron chi connectivity index (χ0n) is 10.0. The van der Waals surface area contributed by atoms with Gasteiger partial charge in [-0.1, -0.05) is 13.8 Å². The number of carbonyl (C=O) groups is 1. The minimum absolute atomic E-state index is 0. The van der Waals surface area contributed by atoms with Crippen LogP contribution in [-0.4, -0.2) is 42.2 Å². The summed E-state index contributed by atoms with van der Waals surface area (Å²) < 4.78 is 35.6. The van der Waals surface area contributed by atoms with Gasteiger partial charge in [-0.15, -0.1) is 12.4 Å². The Labute approximate surface area is 110 Å². The van der Waals surface area contributed by atoms with Crippen molar-refractivity contribution >= 4 is 30.1 Å². The van der Waals surface area contributed by atoms with Gasteiger partial charge in [-0.2, -0.15) is 13.2 Å². The normalized spacial score (nSPS) is 11.9. The van der Waals surface area contributed by atoms with Gasteiger partial charge in [0.25, 0.3) is 0 Å². The number of thioether (sulfide) groups is 1. The number of halogens is 4. The summed E-state index contributed by atoms with van der Waals surface area (Å²) >= 11 is -0.319. The molecule has 0 saturated carbocycles. The lowest BCUT2D eigenvalue weighted by Crippen LogP contribution is -2.40. The third-order valence-electron chi connectivity index (χ3n) is 2.00. The Hall–Kier alpha value is -0.140. The number of rotatable bonds is 5. The zero-order chi connectivity index (χ0) is 13.0. The standard InChI is InChI=1S/C9H17F3N2OS.ClH/c1-8(2,5-13)6-14(3)7(15)4-16-9(10,11)12;/h4-6,13H2,1-3H3;1H. The molecule has 0 aromatic heterocycles. The maximum atomic E-state index is 11.9. The molecule has 8 heteroatoms. The molecule has 17 heavy (non-hydrogen) atoms. The van der Waals surface area contributed by atoms with Gasteiger partial charge in [0.15, 0.2) is 0 Å². The lowest BCUT2D eigenvalue weighted by Gasteiger charge is -2.29. The molecule has 0 unspecified atom stereocenters. The van der Waals surface area contributed by atoms with Crippen LogP contribution < -0.4 is 5.73 Å². The molecule has 0 atom stereocenters. The van der Waals surface area contributed by atoms with Crippen LogP contribution in [0.3, 0.4) is 0 Å². The van der Waals surface area contributed by atoms with E-state index in [1.807, 2.05) is 13.8 Å². The summed E-state index contributed by atoms with van der Waals surface area (Å²) in [5, 5.41) is 0. The topological polar surface area (TPSA) is 46.3 Å². The molecular formula is C9H18ClF3N2OS. The highest BCUT2D eigenvalue weighted by Gasteiger charge is 2.30.